The zero-order valence-corrected chi connectivity index (χ0v) is 35.2. The molecular formula is C51H44N4Si2. The molecule has 6 heteroatoms. The summed E-state index contributed by atoms with van der Waals surface area (Å²) < 4.78 is 4.64. The van der Waals surface area contributed by atoms with Crippen LogP contribution in [0.1, 0.15) is 0 Å². The first-order valence-electron chi connectivity index (χ1n) is 19.9. The van der Waals surface area contributed by atoms with Crippen molar-refractivity contribution in [1.82, 2.24) is 19.1 Å². The molecule has 0 saturated carbocycles. The summed E-state index contributed by atoms with van der Waals surface area (Å²) in [5.41, 5.74) is 12.1. The number of hydrogen-bond acceptors (Lipinski definition) is 2. The molecule has 3 aromatic heterocycles. The van der Waals surface area contributed by atoms with E-state index in [9.17, 15) is 0 Å². The summed E-state index contributed by atoms with van der Waals surface area (Å²) in [7, 11) is -2.38. The Morgan fingerprint density at radius 1 is 0.421 bits per heavy atom. The van der Waals surface area contributed by atoms with Crippen molar-refractivity contribution in [2.24, 2.45) is 0 Å². The molecule has 3 heterocycles. The van der Waals surface area contributed by atoms with E-state index in [1.165, 1.54) is 54.1 Å². The zero-order valence-electron chi connectivity index (χ0n) is 33.0. The highest BCUT2D eigenvalue weighted by molar-refractivity contribution is 6.88. The van der Waals surface area contributed by atoms with E-state index in [1.807, 2.05) is 0 Å². The molecule has 0 unspecified atom stereocenters. The summed E-state index contributed by atoms with van der Waals surface area (Å²) >= 11 is 0. The molecule has 0 aliphatic heterocycles. The highest BCUT2D eigenvalue weighted by atomic mass is 28.3. The molecule has 7 aromatic carbocycles. The van der Waals surface area contributed by atoms with Crippen molar-refractivity contribution in [1.29, 1.82) is 0 Å². The van der Waals surface area contributed by atoms with Gasteiger partial charge in [-0.15, -0.1) is 0 Å². The van der Waals surface area contributed by atoms with E-state index in [-0.39, 0.29) is 0 Å². The van der Waals surface area contributed by atoms with Gasteiger partial charge in [0.15, 0.2) is 0 Å². The van der Waals surface area contributed by atoms with Gasteiger partial charge in [0.05, 0.1) is 50.3 Å². The number of rotatable bonds is 7. The van der Waals surface area contributed by atoms with Crippen molar-refractivity contribution in [3.63, 3.8) is 0 Å². The van der Waals surface area contributed by atoms with Crippen LogP contribution in [-0.4, -0.2) is 36.0 Å². The average molecular weight is 769 g/mol. The summed E-state index contributed by atoms with van der Waals surface area (Å²) in [6.45, 7) is 11.9. The molecule has 0 atom stereocenters. The lowest BCUT2D eigenvalue weighted by Crippen LogP contribution is -2.37. The second kappa shape index (κ2) is 13.7. The second-order valence-corrected chi connectivity index (χ2v) is 24.6. The monoisotopic (exact) mass is 768 g/mol. The number of hydrogen-bond donors (Lipinski definition) is 0. The maximum Gasteiger partial charge on any atom is 0.235 e. The minimum Gasteiger partial charge on any atom is -0.309 e. The molecule has 0 fully saturated rings. The fourth-order valence-electron chi connectivity index (χ4n) is 8.38. The van der Waals surface area contributed by atoms with Crippen molar-refractivity contribution in [2.75, 3.05) is 0 Å². The summed E-state index contributed by atoms with van der Waals surface area (Å²) in [6.07, 6.45) is 0. The van der Waals surface area contributed by atoms with Gasteiger partial charge >= 0.3 is 0 Å². The third-order valence-corrected chi connectivity index (χ3v) is 15.3. The summed E-state index contributed by atoms with van der Waals surface area (Å²) in [5, 5.41) is 7.75. The molecule has 0 aliphatic rings. The van der Waals surface area contributed by atoms with E-state index >= 15 is 0 Å². The molecule has 0 amide bonds. The van der Waals surface area contributed by atoms with E-state index in [0.717, 1.165) is 39.2 Å². The number of benzene rings is 7. The molecule has 0 saturated heterocycles. The summed E-state index contributed by atoms with van der Waals surface area (Å²) in [4.78, 5) is 10.7. The van der Waals surface area contributed by atoms with Crippen LogP contribution >= 0.6 is 0 Å². The van der Waals surface area contributed by atoms with Gasteiger partial charge in [-0.2, -0.15) is 0 Å². The minimum absolute atomic E-state index is 0.673. The topological polar surface area (TPSA) is 35.6 Å². The van der Waals surface area contributed by atoms with E-state index in [1.54, 1.807) is 0 Å². The predicted octanol–water partition coefficient (Wildman–Crippen LogP) is 11.9. The lowest BCUT2D eigenvalue weighted by atomic mass is 10.0. The lowest BCUT2D eigenvalue weighted by Gasteiger charge is -2.17. The SMILES string of the molecule is C[SiH](C)c1ccc(-c2cc(-c3ccc([Si](C)(C)C)cc3)nc(-n3c4ccccc4c4cc(-c5ccc6c7ccccc7n(-c7ccccc7)c6c5)ccc43)n2)cc1. The smallest absolute Gasteiger partial charge is 0.235 e. The Morgan fingerprint density at radius 3 is 1.58 bits per heavy atom. The van der Waals surface area contributed by atoms with Gasteiger partial charge in [-0.3, -0.25) is 4.57 Å². The molecule has 57 heavy (non-hydrogen) atoms. The number of aromatic nitrogens is 4. The third-order valence-electron chi connectivity index (χ3n) is 11.5. The quantitative estimate of drug-likeness (QED) is 0.151. The van der Waals surface area contributed by atoms with E-state index < -0.39 is 16.9 Å². The van der Waals surface area contributed by atoms with Gasteiger partial charge in [-0.1, -0.05) is 164 Å². The van der Waals surface area contributed by atoms with Gasteiger partial charge in [0.2, 0.25) is 5.95 Å². The molecule has 0 spiro atoms. The zero-order chi connectivity index (χ0) is 38.8. The molecular weight excluding hydrogens is 725 g/mol. The number of nitrogens with zero attached hydrogens (tertiary/aromatic N) is 4. The van der Waals surface area contributed by atoms with Gasteiger partial charge in [0.25, 0.3) is 0 Å². The van der Waals surface area contributed by atoms with Crippen LogP contribution in [0.5, 0.6) is 0 Å². The highest BCUT2D eigenvalue weighted by Crippen LogP contribution is 2.38. The third kappa shape index (κ3) is 6.13. The van der Waals surface area contributed by atoms with Crippen LogP contribution < -0.4 is 10.4 Å². The fourth-order valence-corrected chi connectivity index (χ4v) is 10.5. The molecule has 0 bridgehead atoms. The van der Waals surface area contributed by atoms with Crippen LogP contribution in [0, 0.1) is 0 Å². The van der Waals surface area contributed by atoms with Crippen molar-refractivity contribution in [3.8, 4) is 45.3 Å². The van der Waals surface area contributed by atoms with Crippen LogP contribution in [0.2, 0.25) is 32.7 Å². The second-order valence-electron chi connectivity index (χ2n) is 16.5. The summed E-state index contributed by atoms with van der Waals surface area (Å²) in [6, 6.07) is 62.1. The largest absolute Gasteiger partial charge is 0.309 e. The van der Waals surface area contributed by atoms with Crippen molar-refractivity contribution in [2.45, 2.75) is 32.7 Å². The Kier molecular flexibility index (Phi) is 8.43. The molecule has 276 valence electrons. The van der Waals surface area contributed by atoms with Crippen LogP contribution in [0.15, 0.2) is 170 Å². The maximum atomic E-state index is 5.35. The first-order valence-corrected chi connectivity index (χ1v) is 26.3. The van der Waals surface area contributed by atoms with Crippen molar-refractivity contribution < 1.29 is 0 Å². The maximum absolute atomic E-state index is 5.35. The van der Waals surface area contributed by atoms with E-state index in [2.05, 4.69) is 212 Å². The van der Waals surface area contributed by atoms with Crippen LogP contribution in [0.4, 0.5) is 0 Å². The molecule has 4 nitrogen and oxygen atoms in total. The normalized spacial score (nSPS) is 12.1. The van der Waals surface area contributed by atoms with Crippen LogP contribution in [-0.2, 0) is 0 Å². The molecule has 10 rings (SSSR count). The predicted molar refractivity (Wildman–Crippen MR) is 249 cm³/mol. The Hall–Kier alpha value is -6.35. The summed E-state index contributed by atoms with van der Waals surface area (Å²) in [5.74, 6) is 0.673. The first-order chi connectivity index (χ1) is 27.7. The molecule has 10 aromatic rings. The Bertz CT molecular complexity index is 3120. The van der Waals surface area contributed by atoms with Crippen LogP contribution in [0.25, 0.3) is 88.9 Å². The van der Waals surface area contributed by atoms with Gasteiger partial charge in [0.1, 0.15) is 0 Å². The van der Waals surface area contributed by atoms with E-state index in [0.29, 0.717) is 5.95 Å². The minimum atomic E-state index is -1.46. The fraction of sp³-hybridized carbons (Fsp3) is 0.0980. The molecule has 0 aliphatic carbocycles. The Labute approximate surface area is 336 Å². The van der Waals surface area contributed by atoms with Gasteiger partial charge in [0, 0.05) is 38.4 Å². The van der Waals surface area contributed by atoms with Gasteiger partial charge in [-0.25, -0.2) is 9.97 Å². The highest BCUT2D eigenvalue weighted by Gasteiger charge is 2.20. The van der Waals surface area contributed by atoms with E-state index in [4.69, 9.17) is 9.97 Å². The standard InChI is InChI=1S/C51H44N4Si2/c1-56(2)39-25-19-34(20-26-39)45-33-46(35-21-27-40(28-22-35)57(3,4)5)53-51(52-45)55-48-18-12-10-16-42(48)44-31-36(24-30-49(44)55)37-23-29-43-41-15-9-11-17-47(41)54(50(43)32-37)38-13-7-6-8-14-38/h6-33,56H,1-5H3. The number of para-hydroxylation sites is 3. The first kappa shape index (κ1) is 35.1. The lowest BCUT2D eigenvalue weighted by molar-refractivity contribution is 0.996. The van der Waals surface area contributed by atoms with Crippen molar-refractivity contribution in [3.05, 3.63) is 170 Å². The Morgan fingerprint density at radius 2 is 0.930 bits per heavy atom. The molecule has 0 N–H and O–H groups in total. The average Bonchev–Trinajstić information content (AvgIpc) is 3.76. The van der Waals surface area contributed by atoms with Gasteiger partial charge < -0.3 is 4.57 Å². The van der Waals surface area contributed by atoms with Crippen LogP contribution in [0.3, 0.4) is 0 Å². The number of fused-ring (bicyclic) bond motifs is 6. The molecule has 0 radical (unpaired) electrons. The Balaban J connectivity index is 1.16. The van der Waals surface area contributed by atoms with Gasteiger partial charge in [-0.05, 0) is 59.7 Å². The van der Waals surface area contributed by atoms with Crippen molar-refractivity contribution >= 4 is 70.9 Å².